The highest BCUT2D eigenvalue weighted by Crippen LogP contribution is 2.23. The normalized spacial score (nSPS) is 12.0. The summed E-state index contributed by atoms with van der Waals surface area (Å²) in [5, 5.41) is 13.8. The molecule has 1 atom stereocenters. The Morgan fingerprint density at radius 3 is 2.68 bits per heavy atom. The van der Waals surface area contributed by atoms with Gasteiger partial charge in [0.15, 0.2) is 0 Å². The first-order valence-corrected chi connectivity index (χ1v) is 8.58. The minimum atomic E-state index is -0.418. The van der Waals surface area contributed by atoms with Gasteiger partial charge in [-0.1, -0.05) is 28.1 Å². The Bertz CT molecular complexity index is 795. The van der Waals surface area contributed by atoms with Gasteiger partial charge in [0.05, 0.1) is 11.5 Å². The van der Waals surface area contributed by atoms with Gasteiger partial charge in [0, 0.05) is 28.3 Å². The van der Waals surface area contributed by atoms with E-state index < -0.39 is 4.92 Å². The van der Waals surface area contributed by atoms with Gasteiger partial charge in [-0.05, 0) is 50.2 Å². The first-order valence-electron chi connectivity index (χ1n) is 7.78. The molecule has 25 heavy (non-hydrogen) atoms. The molecule has 2 aromatic rings. The molecule has 0 radical (unpaired) electrons. The molecule has 0 aliphatic rings. The molecular weight excluding hydrogens is 386 g/mol. The molecule has 2 aromatic carbocycles. The van der Waals surface area contributed by atoms with E-state index in [-0.39, 0.29) is 24.2 Å². The van der Waals surface area contributed by atoms with Crippen molar-refractivity contribution in [2.45, 2.75) is 19.9 Å². The molecule has 0 spiro atoms. The zero-order chi connectivity index (χ0) is 18.6. The summed E-state index contributed by atoms with van der Waals surface area (Å²) < 4.78 is 0.988. The molecule has 0 aromatic heterocycles. The van der Waals surface area contributed by atoms with E-state index in [0.29, 0.717) is 0 Å². The predicted molar refractivity (Wildman–Crippen MR) is 102 cm³/mol. The van der Waals surface area contributed by atoms with Crippen LogP contribution in [0.4, 0.5) is 11.4 Å². The number of likely N-dealkylation sites (N-methyl/N-ethyl adjacent to an activating group) is 1. The summed E-state index contributed by atoms with van der Waals surface area (Å²) in [6.45, 7) is 4.05. The number of benzene rings is 2. The predicted octanol–water partition coefficient (Wildman–Crippen LogP) is 4.30. The molecule has 1 N–H and O–H groups in total. The molecule has 2 rings (SSSR count). The minimum Gasteiger partial charge on any atom is -0.325 e. The Hall–Kier alpha value is -2.25. The second-order valence-corrected chi connectivity index (χ2v) is 6.81. The number of aryl methyl sites for hydroxylation is 1. The van der Waals surface area contributed by atoms with Crippen molar-refractivity contribution in [3.05, 3.63) is 68.2 Å². The zero-order valence-corrected chi connectivity index (χ0v) is 15.9. The van der Waals surface area contributed by atoms with Crippen molar-refractivity contribution >= 4 is 33.2 Å². The molecule has 0 bridgehead atoms. The van der Waals surface area contributed by atoms with E-state index in [4.69, 9.17) is 0 Å². The average Bonchev–Trinajstić information content (AvgIpc) is 2.57. The number of carbonyl (C=O) groups is 1. The third-order valence-corrected chi connectivity index (χ3v) is 4.95. The van der Waals surface area contributed by atoms with Gasteiger partial charge < -0.3 is 5.32 Å². The summed E-state index contributed by atoms with van der Waals surface area (Å²) in [6.07, 6.45) is 0. The second-order valence-electron chi connectivity index (χ2n) is 5.96. The number of halogens is 1. The topological polar surface area (TPSA) is 75.5 Å². The number of hydrogen-bond acceptors (Lipinski definition) is 4. The van der Waals surface area contributed by atoms with Crippen LogP contribution in [-0.2, 0) is 4.79 Å². The van der Waals surface area contributed by atoms with E-state index in [0.717, 1.165) is 21.3 Å². The smallest absolute Gasteiger partial charge is 0.269 e. The fourth-order valence-electron chi connectivity index (χ4n) is 2.44. The van der Waals surface area contributed by atoms with Crippen LogP contribution in [-0.4, -0.2) is 29.3 Å². The lowest BCUT2D eigenvalue weighted by Crippen LogP contribution is -2.32. The standard InChI is InChI=1S/C18H20BrN3O3/c1-12-9-15(7-8-17(12)19)20-18(23)11-21(3)13(2)14-5-4-6-16(10-14)22(24)25/h4-10,13H,11H2,1-3H3,(H,20,23). The fraction of sp³-hybridized carbons (Fsp3) is 0.278. The van der Waals surface area contributed by atoms with Gasteiger partial charge in [-0.15, -0.1) is 0 Å². The van der Waals surface area contributed by atoms with Crippen LogP contribution in [0.15, 0.2) is 46.9 Å². The summed E-state index contributed by atoms with van der Waals surface area (Å²) in [5.41, 5.74) is 2.62. The molecule has 1 unspecified atom stereocenters. The number of hydrogen-bond donors (Lipinski definition) is 1. The number of rotatable bonds is 6. The van der Waals surface area contributed by atoms with Crippen LogP contribution < -0.4 is 5.32 Å². The SMILES string of the molecule is Cc1cc(NC(=O)CN(C)C(C)c2cccc([N+](=O)[O-])c2)ccc1Br. The largest absolute Gasteiger partial charge is 0.325 e. The lowest BCUT2D eigenvalue weighted by molar-refractivity contribution is -0.384. The Kier molecular flexibility index (Phi) is 6.27. The van der Waals surface area contributed by atoms with Crippen molar-refractivity contribution < 1.29 is 9.72 Å². The molecule has 6 nitrogen and oxygen atoms in total. The van der Waals surface area contributed by atoms with Gasteiger partial charge >= 0.3 is 0 Å². The van der Waals surface area contributed by atoms with Crippen LogP contribution in [0.2, 0.25) is 0 Å². The lowest BCUT2D eigenvalue weighted by Gasteiger charge is -2.24. The molecule has 7 heteroatoms. The number of non-ortho nitro benzene ring substituents is 1. The second kappa shape index (κ2) is 8.22. The summed E-state index contributed by atoms with van der Waals surface area (Å²) in [4.78, 5) is 24.6. The van der Waals surface area contributed by atoms with Crippen LogP contribution in [0.25, 0.3) is 0 Å². The van der Waals surface area contributed by atoms with Gasteiger partial charge in [0.1, 0.15) is 0 Å². The number of anilines is 1. The Morgan fingerprint density at radius 2 is 2.04 bits per heavy atom. The van der Waals surface area contributed by atoms with Gasteiger partial charge in [0.2, 0.25) is 5.91 Å². The molecule has 0 aliphatic heterocycles. The zero-order valence-electron chi connectivity index (χ0n) is 14.3. The summed E-state index contributed by atoms with van der Waals surface area (Å²) in [6, 6.07) is 12.0. The summed E-state index contributed by atoms with van der Waals surface area (Å²) in [5.74, 6) is -0.137. The van der Waals surface area contributed by atoms with Crippen LogP contribution in [0.5, 0.6) is 0 Å². The first kappa shape index (κ1) is 19.1. The number of carbonyl (C=O) groups excluding carboxylic acids is 1. The third-order valence-electron chi connectivity index (χ3n) is 4.06. The highest BCUT2D eigenvalue weighted by atomic mass is 79.9. The monoisotopic (exact) mass is 405 g/mol. The Morgan fingerprint density at radius 1 is 1.32 bits per heavy atom. The molecule has 0 heterocycles. The molecular formula is C18H20BrN3O3. The van der Waals surface area contributed by atoms with Crippen molar-refractivity contribution in [3.8, 4) is 0 Å². The van der Waals surface area contributed by atoms with Crippen molar-refractivity contribution in [2.75, 3.05) is 18.9 Å². The van der Waals surface area contributed by atoms with Crippen LogP contribution in [0.3, 0.4) is 0 Å². The molecule has 0 saturated carbocycles. The van der Waals surface area contributed by atoms with Gasteiger partial charge in [-0.25, -0.2) is 0 Å². The molecule has 0 saturated heterocycles. The number of nitrogens with one attached hydrogen (secondary N) is 1. The Balaban J connectivity index is 2.01. The lowest BCUT2D eigenvalue weighted by atomic mass is 10.1. The van der Waals surface area contributed by atoms with Crippen LogP contribution in [0.1, 0.15) is 24.1 Å². The van der Waals surface area contributed by atoms with Crippen molar-refractivity contribution in [1.29, 1.82) is 0 Å². The highest BCUT2D eigenvalue weighted by Gasteiger charge is 2.17. The van der Waals surface area contributed by atoms with Gasteiger partial charge in [-0.2, -0.15) is 0 Å². The number of amides is 1. The quantitative estimate of drug-likeness (QED) is 0.574. The third kappa shape index (κ3) is 5.11. The maximum absolute atomic E-state index is 12.3. The molecule has 1 amide bonds. The van der Waals surface area contributed by atoms with Gasteiger partial charge in [0.25, 0.3) is 5.69 Å². The average molecular weight is 406 g/mol. The minimum absolute atomic E-state index is 0.0486. The maximum Gasteiger partial charge on any atom is 0.269 e. The summed E-state index contributed by atoms with van der Waals surface area (Å²) >= 11 is 3.43. The van der Waals surface area contributed by atoms with E-state index in [1.54, 1.807) is 6.07 Å². The maximum atomic E-state index is 12.3. The van der Waals surface area contributed by atoms with Crippen molar-refractivity contribution in [1.82, 2.24) is 4.90 Å². The molecule has 0 fully saturated rings. The number of nitrogens with zero attached hydrogens (tertiary/aromatic N) is 2. The molecule has 132 valence electrons. The fourth-order valence-corrected chi connectivity index (χ4v) is 2.69. The van der Waals surface area contributed by atoms with E-state index >= 15 is 0 Å². The summed E-state index contributed by atoms with van der Waals surface area (Å²) in [7, 11) is 1.82. The molecule has 0 aliphatic carbocycles. The Labute approximate surface area is 155 Å². The van der Waals surface area contributed by atoms with E-state index in [1.165, 1.54) is 12.1 Å². The van der Waals surface area contributed by atoms with Crippen LogP contribution >= 0.6 is 15.9 Å². The van der Waals surface area contributed by atoms with Crippen LogP contribution in [0, 0.1) is 17.0 Å². The highest BCUT2D eigenvalue weighted by molar-refractivity contribution is 9.10. The number of nitro groups is 1. The van der Waals surface area contributed by atoms with Gasteiger partial charge in [-0.3, -0.25) is 19.8 Å². The van der Waals surface area contributed by atoms with E-state index in [1.807, 2.05) is 50.1 Å². The van der Waals surface area contributed by atoms with E-state index in [9.17, 15) is 14.9 Å². The van der Waals surface area contributed by atoms with Crippen molar-refractivity contribution in [2.24, 2.45) is 0 Å². The van der Waals surface area contributed by atoms with Crippen molar-refractivity contribution in [3.63, 3.8) is 0 Å². The van der Waals surface area contributed by atoms with E-state index in [2.05, 4.69) is 21.2 Å². The first-order chi connectivity index (χ1) is 11.8. The number of nitro benzene ring substituents is 1.